The topological polar surface area (TPSA) is 72.8 Å². The molecule has 0 aliphatic heterocycles. The molecule has 1 atom stereocenters. The molecule has 1 unspecified atom stereocenters. The summed E-state index contributed by atoms with van der Waals surface area (Å²) >= 11 is 0. The van der Waals surface area contributed by atoms with E-state index in [-0.39, 0.29) is 25.2 Å². The Balaban J connectivity index is 3.57. The van der Waals surface area contributed by atoms with Crippen molar-refractivity contribution >= 4 is 11.9 Å². The Kier molecular flexibility index (Phi) is 46.5. The van der Waals surface area contributed by atoms with E-state index in [1.54, 1.807) is 0 Å². The van der Waals surface area contributed by atoms with Crippen LogP contribution in [0, 0.1) is 0 Å². The number of unbranched alkanes of at least 4 members (excludes halogenated alkanes) is 24. The van der Waals surface area contributed by atoms with Crippen LogP contribution in [0.5, 0.6) is 0 Å². The van der Waals surface area contributed by atoms with E-state index in [1.165, 1.54) is 116 Å². The average Bonchev–Trinajstić information content (AvgIpc) is 3.23. The molecule has 1 N–H and O–H groups in total. The molecule has 0 saturated carbocycles. The summed E-state index contributed by atoms with van der Waals surface area (Å²) in [7, 11) is 0. The lowest BCUT2D eigenvalue weighted by Gasteiger charge is -2.15. The maximum Gasteiger partial charge on any atom is 0.306 e. The fourth-order valence-electron chi connectivity index (χ4n) is 6.85. The zero-order valence-corrected chi connectivity index (χ0v) is 38.0. The fraction of sp³-hybridized carbons (Fsp3) is 0.736. The molecular weight excluding hydrogens is 717 g/mol. The molecule has 0 aliphatic rings. The molecule has 5 nitrogen and oxygen atoms in total. The molecule has 0 rings (SSSR count). The van der Waals surface area contributed by atoms with Crippen molar-refractivity contribution in [1.82, 2.24) is 0 Å². The van der Waals surface area contributed by atoms with Gasteiger partial charge in [-0.25, -0.2) is 0 Å². The first-order valence-corrected chi connectivity index (χ1v) is 24.5. The summed E-state index contributed by atoms with van der Waals surface area (Å²) in [6.07, 6.45) is 65.6. The zero-order chi connectivity index (χ0) is 42.1. The van der Waals surface area contributed by atoms with Crippen molar-refractivity contribution in [2.24, 2.45) is 0 Å². The highest BCUT2D eigenvalue weighted by Crippen LogP contribution is 2.16. The standard InChI is InChI=1S/C53H92O5/c1-3-5-7-9-11-13-15-17-19-21-23-25-26-28-30-32-34-36-38-40-42-44-46-48-53(56)58-51(49-54)50-57-52(55)47-45-43-41-39-37-35-33-31-29-27-24-22-20-18-16-14-12-10-8-6-4-2/h5,7,11,13,17,19,23,25,28,30,34,36,51,54H,3-4,6,8-10,12,14-16,18,20-22,24,26-27,29,31-33,35,37-50H2,1-2H3/b7-5-,13-11-,19-17-,25-23-,30-28-,36-34-. The molecule has 5 heteroatoms. The van der Waals surface area contributed by atoms with Gasteiger partial charge >= 0.3 is 11.9 Å². The van der Waals surface area contributed by atoms with Gasteiger partial charge in [-0.3, -0.25) is 9.59 Å². The summed E-state index contributed by atoms with van der Waals surface area (Å²) in [5.41, 5.74) is 0. The molecule has 58 heavy (non-hydrogen) atoms. The largest absolute Gasteiger partial charge is 0.462 e. The van der Waals surface area contributed by atoms with Gasteiger partial charge in [0.05, 0.1) is 6.61 Å². The summed E-state index contributed by atoms with van der Waals surface area (Å²) in [6.45, 7) is 4.02. The van der Waals surface area contributed by atoms with E-state index in [4.69, 9.17) is 9.47 Å². The Morgan fingerprint density at radius 2 is 0.741 bits per heavy atom. The lowest BCUT2D eigenvalue weighted by atomic mass is 10.0. The second-order valence-corrected chi connectivity index (χ2v) is 16.2. The number of hydrogen-bond donors (Lipinski definition) is 1. The molecular formula is C53H92O5. The third-order valence-corrected chi connectivity index (χ3v) is 10.5. The Bertz CT molecular complexity index is 1050. The predicted octanol–water partition coefficient (Wildman–Crippen LogP) is 16.1. The van der Waals surface area contributed by atoms with Gasteiger partial charge in [-0.1, -0.05) is 228 Å². The molecule has 0 radical (unpaired) electrons. The minimum atomic E-state index is -0.788. The summed E-state index contributed by atoms with van der Waals surface area (Å²) in [5.74, 6) is -0.615. The quantitative estimate of drug-likeness (QED) is 0.0377. The van der Waals surface area contributed by atoms with Crippen molar-refractivity contribution in [2.45, 2.75) is 238 Å². The van der Waals surface area contributed by atoms with Crippen LogP contribution < -0.4 is 0 Å². The second-order valence-electron chi connectivity index (χ2n) is 16.2. The van der Waals surface area contributed by atoms with Crippen LogP contribution in [-0.4, -0.2) is 36.4 Å². The van der Waals surface area contributed by atoms with Crippen molar-refractivity contribution in [3.8, 4) is 0 Å². The van der Waals surface area contributed by atoms with Gasteiger partial charge in [-0.2, -0.15) is 0 Å². The van der Waals surface area contributed by atoms with E-state index < -0.39 is 6.10 Å². The van der Waals surface area contributed by atoms with Gasteiger partial charge in [-0.15, -0.1) is 0 Å². The van der Waals surface area contributed by atoms with E-state index in [0.29, 0.717) is 12.8 Å². The minimum Gasteiger partial charge on any atom is -0.462 e. The third-order valence-electron chi connectivity index (χ3n) is 10.5. The maximum atomic E-state index is 12.2. The van der Waals surface area contributed by atoms with Gasteiger partial charge in [0, 0.05) is 12.8 Å². The predicted molar refractivity (Wildman–Crippen MR) is 251 cm³/mol. The Morgan fingerprint density at radius 1 is 0.414 bits per heavy atom. The van der Waals surface area contributed by atoms with Gasteiger partial charge < -0.3 is 14.6 Å². The average molecular weight is 809 g/mol. The van der Waals surface area contributed by atoms with Crippen molar-refractivity contribution < 1.29 is 24.2 Å². The molecule has 0 spiro atoms. The molecule has 334 valence electrons. The number of allylic oxidation sites excluding steroid dienone is 12. The van der Waals surface area contributed by atoms with E-state index in [9.17, 15) is 14.7 Å². The summed E-state index contributed by atoms with van der Waals surface area (Å²) < 4.78 is 10.7. The zero-order valence-electron chi connectivity index (χ0n) is 38.0. The first-order valence-electron chi connectivity index (χ1n) is 24.5. The smallest absolute Gasteiger partial charge is 0.306 e. The Labute approximate surface area is 359 Å². The summed E-state index contributed by atoms with van der Waals surface area (Å²) in [6, 6.07) is 0. The van der Waals surface area contributed by atoms with Gasteiger partial charge in [-0.05, 0) is 64.2 Å². The highest BCUT2D eigenvalue weighted by molar-refractivity contribution is 5.70. The third kappa shape index (κ3) is 46.0. The lowest BCUT2D eigenvalue weighted by Crippen LogP contribution is -2.28. The van der Waals surface area contributed by atoms with Crippen LogP contribution in [-0.2, 0) is 19.1 Å². The van der Waals surface area contributed by atoms with Crippen molar-refractivity contribution in [1.29, 1.82) is 0 Å². The van der Waals surface area contributed by atoms with E-state index in [2.05, 4.69) is 86.8 Å². The second kappa shape index (κ2) is 48.7. The van der Waals surface area contributed by atoms with E-state index in [0.717, 1.165) is 89.9 Å². The van der Waals surface area contributed by atoms with Crippen LogP contribution in [0.4, 0.5) is 0 Å². The van der Waals surface area contributed by atoms with Crippen LogP contribution in [0.25, 0.3) is 0 Å². The van der Waals surface area contributed by atoms with Gasteiger partial charge in [0.25, 0.3) is 0 Å². The van der Waals surface area contributed by atoms with Crippen LogP contribution in [0.3, 0.4) is 0 Å². The SMILES string of the molecule is CC/C=C\C/C=C\C/C=C\C/C=C\C/C=C\C/C=C\CCCCCCC(=O)OC(CO)COC(=O)CCCCCCCCCCCCCCCCCCCCCCC. The number of aliphatic hydroxyl groups is 1. The molecule has 0 fully saturated rings. The number of carbonyl (C=O) groups excluding carboxylic acids is 2. The highest BCUT2D eigenvalue weighted by Gasteiger charge is 2.16. The number of esters is 2. The number of rotatable bonds is 44. The summed E-state index contributed by atoms with van der Waals surface area (Å²) in [4.78, 5) is 24.4. The van der Waals surface area contributed by atoms with Crippen LogP contribution >= 0.6 is 0 Å². The summed E-state index contributed by atoms with van der Waals surface area (Å²) in [5, 5.41) is 9.61. The first kappa shape index (κ1) is 55.3. The van der Waals surface area contributed by atoms with Gasteiger partial charge in [0.2, 0.25) is 0 Å². The Morgan fingerprint density at radius 3 is 1.12 bits per heavy atom. The van der Waals surface area contributed by atoms with Crippen molar-refractivity contribution in [3.63, 3.8) is 0 Å². The van der Waals surface area contributed by atoms with Gasteiger partial charge in [0.1, 0.15) is 6.61 Å². The molecule has 0 aromatic heterocycles. The number of aliphatic hydroxyl groups excluding tert-OH is 1. The highest BCUT2D eigenvalue weighted by atomic mass is 16.6. The number of hydrogen-bond acceptors (Lipinski definition) is 5. The normalized spacial score (nSPS) is 12.8. The maximum absolute atomic E-state index is 12.2. The minimum absolute atomic E-state index is 0.0771. The monoisotopic (exact) mass is 809 g/mol. The Hall–Kier alpha value is -2.66. The van der Waals surface area contributed by atoms with E-state index >= 15 is 0 Å². The number of carbonyl (C=O) groups is 2. The molecule has 0 amide bonds. The first-order chi connectivity index (χ1) is 28.6. The van der Waals surface area contributed by atoms with E-state index in [1.807, 2.05) is 0 Å². The van der Waals surface area contributed by atoms with Crippen LogP contribution in [0.2, 0.25) is 0 Å². The molecule has 0 bridgehead atoms. The molecule has 0 aromatic carbocycles. The molecule has 0 aliphatic carbocycles. The lowest BCUT2D eigenvalue weighted by molar-refractivity contribution is -0.161. The molecule has 0 aromatic rings. The van der Waals surface area contributed by atoms with Crippen LogP contribution in [0.1, 0.15) is 232 Å². The number of ether oxygens (including phenoxy) is 2. The molecule has 0 heterocycles. The van der Waals surface area contributed by atoms with Crippen molar-refractivity contribution in [3.05, 3.63) is 72.9 Å². The van der Waals surface area contributed by atoms with Crippen LogP contribution in [0.15, 0.2) is 72.9 Å². The fourth-order valence-corrected chi connectivity index (χ4v) is 6.85. The van der Waals surface area contributed by atoms with Gasteiger partial charge in [0.15, 0.2) is 6.10 Å². The molecule has 0 saturated heterocycles. The van der Waals surface area contributed by atoms with Crippen molar-refractivity contribution in [2.75, 3.05) is 13.2 Å².